The molecule has 3 rings (SSSR count). The molecule has 0 saturated heterocycles. The van der Waals surface area contributed by atoms with Crippen molar-refractivity contribution in [2.24, 2.45) is 0 Å². The van der Waals surface area contributed by atoms with Crippen molar-refractivity contribution in [3.8, 4) is 0 Å². The van der Waals surface area contributed by atoms with Crippen LogP contribution in [0.5, 0.6) is 0 Å². The van der Waals surface area contributed by atoms with Crippen molar-refractivity contribution < 1.29 is 14.3 Å². The van der Waals surface area contributed by atoms with Gasteiger partial charge in [0.2, 0.25) is 0 Å². The Balaban J connectivity index is 1.76. The van der Waals surface area contributed by atoms with Gasteiger partial charge >= 0.3 is 5.97 Å². The third-order valence-electron chi connectivity index (χ3n) is 3.46. The first-order valence-corrected chi connectivity index (χ1v) is 7.72. The van der Waals surface area contributed by atoms with Crippen LogP contribution < -0.4 is 5.32 Å². The minimum absolute atomic E-state index is 0.278. The Hall–Kier alpha value is -2.28. The fourth-order valence-corrected chi connectivity index (χ4v) is 3.00. The summed E-state index contributed by atoms with van der Waals surface area (Å²) in [4.78, 5) is 32.5. The molecule has 1 saturated carbocycles. The van der Waals surface area contributed by atoms with Gasteiger partial charge in [-0.1, -0.05) is 11.3 Å². The second-order valence-corrected chi connectivity index (χ2v) is 6.16. The van der Waals surface area contributed by atoms with E-state index in [1.54, 1.807) is 13.1 Å². The van der Waals surface area contributed by atoms with Crippen LogP contribution >= 0.6 is 11.3 Å². The van der Waals surface area contributed by atoms with Crippen molar-refractivity contribution in [3.05, 3.63) is 40.2 Å². The summed E-state index contributed by atoms with van der Waals surface area (Å²) in [5.41, 5.74) is 2.13. The van der Waals surface area contributed by atoms with Crippen LogP contribution in [0.4, 0.5) is 5.13 Å². The van der Waals surface area contributed by atoms with Crippen molar-refractivity contribution in [1.82, 2.24) is 9.97 Å². The fourth-order valence-electron chi connectivity index (χ4n) is 2.12. The molecular weight excluding hydrogens is 302 g/mol. The smallest absolute Gasteiger partial charge is 0.350 e. The molecule has 0 aromatic carbocycles. The van der Waals surface area contributed by atoms with E-state index in [0.717, 1.165) is 29.7 Å². The van der Waals surface area contributed by atoms with Crippen molar-refractivity contribution in [3.63, 3.8) is 0 Å². The maximum absolute atomic E-state index is 12.3. The summed E-state index contributed by atoms with van der Waals surface area (Å²) in [7, 11) is 1.31. The van der Waals surface area contributed by atoms with Gasteiger partial charge in [-0.25, -0.2) is 9.78 Å². The summed E-state index contributed by atoms with van der Waals surface area (Å²) in [6, 6.07) is 1.86. The maximum Gasteiger partial charge on any atom is 0.350 e. The largest absolute Gasteiger partial charge is 0.465 e. The van der Waals surface area contributed by atoms with E-state index < -0.39 is 5.97 Å². The minimum atomic E-state index is -0.451. The Labute approximate surface area is 131 Å². The average molecular weight is 317 g/mol. The zero-order valence-corrected chi connectivity index (χ0v) is 13.1. The lowest BCUT2D eigenvalue weighted by molar-refractivity contribution is 0.0605. The number of hydrogen-bond donors (Lipinski definition) is 1. The van der Waals surface area contributed by atoms with Gasteiger partial charge in [-0.05, 0) is 37.3 Å². The van der Waals surface area contributed by atoms with Gasteiger partial charge in [-0.3, -0.25) is 15.1 Å². The standard InChI is InChI=1S/C15H15N3O3S/c1-8-12(14(20)21-2)22-15(17-8)18-13(19)11-5-10(6-16-7-11)9-3-4-9/h5-7,9H,3-4H2,1-2H3,(H,17,18,19). The lowest BCUT2D eigenvalue weighted by Gasteiger charge is -2.03. The summed E-state index contributed by atoms with van der Waals surface area (Å²) in [6.45, 7) is 1.70. The predicted octanol–water partition coefficient (Wildman–Crippen LogP) is 2.76. The molecule has 114 valence electrons. The molecular formula is C15H15N3O3S. The number of esters is 1. The summed E-state index contributed by atoms with van der Waals surface area (Å²) >= 11 is 1.10. The lowest BCUT2D eigenvalue weighted by atomic mass is 10.1. The summed E-state index contributed by atoms with van der Waals surface area (Å²) in [6.07, 6.45) is 5.64. The number of amides is 1. The Morgan fingerprint density at radius 3 is 2.82 bits per heavy atom. The highest BCUT2D eigenvalue weighted by atomic mass is 32.1. The molecule has 1 amide bonds. The van der Waals surface area contributed by atoms with Crippen LogP contribution in [-0.4, -0.2) is 29.0 Å². The Morgan fingerprint density at radius 1 is 1.36 bits per heavy atom. The Morgan fingerprint density at radius 2 is 2.14 bits per heavy atom. The first kappa shape index (κ1) is 14.6. The van der Waals surface area contributed by atoms with Crippen LogP contribution in [-0.2, 0) is 4.74 Å². The Bertz CT molecular complexity index is 737. The van der Waals surface area contributed by atoms with Crippen LogP contribution in [0, 0.1) is 6.92 Å². The third-order valence-corrected chi connectivity index (χ3v) is 4.51. The molecule has 2 aromatic rings. The zero-order valence-electron chi connectivity index (χ0n) is 12.3. The van der Waals surface area contributed by atoms with Crippen molar-refractivity contribution in [2.75, 3.05) is 12.4 Å². The number of thiazole rings is 1. The van der Waals surface area contributed by atoms with Crippen LogP contribution in [0.25, 0.3) is 0 Å². The van der Waals surface area contributed by atoms with Gasteiger partial charge in [0, 0.05) is 12.4 Å². The van der Waals surface area contributed by atoms with Crippen LogP contribution in [0.15, 0.2) is 18.5 Å². The molecule has 2 aromatic heterocycles. The monoisotopic (exact) mass is 317 g/mol. The molecule has 22 heavy (non-hydrogen) atoms. The molecule has 1 fully saturated rings. The van der Waals surface area contributed by atoms with E-state index in [0.29, 0.717) is 27.2 Å². The molecule has 0 spiro atoms. The second kappa shape index (κ2) is 5.84. The lowest BCUT2D eigenvalue weighted by Crippen LogP contribution is -2.12. The number of rotatable bonds is 4. The highest BCUT2D eigenvalue weighted by Gasteiger charge is 2.25. The summed E-state index contributed by atoms with van der Waals surface area (Å²) < 4.78 is 4.68. The number of carbonyl (C=O) groups is 2. The fraction of sp³-hybridized carbons (Fsp3) is 0.333. The molecule has 0 atom stereocenters. The number of hydrogen-bond acceptors (Lipinski definition) is 6. The maximum atomic E-state index is 12.3. The average Bonchev–Trinajstić information content (AvgIpc) is 3.31. The van der Waals surface area contributed by atoms with Crippen LogP contribution in [0.1, 0.15) is 50.0 Å². The van der Waals surface area contributed by atoms with E-state index in [1.165, 1.54) is 13.3 Å². The number of methoxy groups -OCH3 is 1. The Kier molecular flexibility index (Phi) is 3.89. The number of carbonyl (C=O) groups excluding carboxylic acids is 2. The third kappa shape index (κ3) is 2.99. The highest BCUT2D eigenvalue weighted by Crippen LogP contribution is 2.39. The van der Waals surface area contributed by atoms with Crippen molar-refractivity contribution in [1.29, 1.82) is 0 Å². The molecule has 7 heteroatoms. The second-order valence-electron chi connectivity index (χ2n) is 5.16. The molecule has 1 aliphatic carbocycles. The van der Waals surface area contributed by atoms with Gasteiger partial charge in [0.05, 0.1) is 18.4 Å². The number of nitrogens with zero attached hydrogens (tertiary/aromatic N) is 2. The minimum Gasteiger partial charge on any atom is -0.465 e. The molecule has 0 unspecified atom stereocenters. The number of aryl methyl sites for hydroxylation is 1. The van der Waals surface area contributed by atoms with Gasteiger partial charge in [0.25, 0.3) is 5.91 Å². The van der Waals surface area contributed by atoms with E-state index in [2.05, 4.69) is 20.0 Å². The van der Waals surface area contributed by atoms with E-state index in [9.17, 15) is 9.59 Å². The molecule has 0 aliphatic heterocycles. The summed E-state index contributed by atoms with van der Waals surface area (Å²) in [5, 5.41) is 3.08. The number of ether oxygens (including phenoxy) is 1. The van der Waals surface area contributed by atoms with E-state index >= 15 is 0 Å². The van der Waals surface area contributed by atoms with Gasteiger partial charge in [0.15, 0.2) is 5.13 Å². The molecule has 0 radical (unpaired) electrons. The topological polar surface area (TPSA) is 81.2 Å². The van der Waals surface area contributed by atoms with E-state index in [-0.39, 0.29) is 5.91 Å². The van der Waals surface area contributed by atoms with Gasteiger partial charge in [-0.15, -0.1) is 0 Å². The molecule has 1 aliphatic rings. The quantitative estimate of drug-likeness (QED) is 0.877. The van der Waals surface area contributed by atoms with Gasteiger partial charge in [-0.2, -0.15) is 0 Å². The SMILES string of the molecule is COC(=O)c1sc(NC(=O)c2cncc(C3CC3)c2)nc1C. The van der Waals surface area contributed by atoms with Crippen molar-refractivity contribution in [2.45, 2.75) is 25.7 Å². The van der Waals surface area contributed by atoms with Crippen LogP contribution in [0.3, 0.4) is 0 Å². The normalized spacial score (nSPS) is 13.7. The zero-order chi connectivity index (χ0) is 15.7. The van der Waals surface area contributed by atoms with Gasteiger partial charge in [0.1, 0.15) is 4.88 Å². The van der Waals surface area contributed by atoms with E-state index in [4.69, 9.17) is 0 Å². The number of pyridine rings is 1. The van der Waals surface area contributed by atoms with Crippen molar-refractivity contribution >= 4 is 28.3 Å². The highest BCUT2D eigenvalue weighted by molar-refractivity contribution is 7.17. The molecule has 0 bridgehead atoms. The predicted molar refractivity (Wildman–Crippen MR) is 82.4 cm³/mol. The molecule has 6 nitrogen and oxygen atoms in total. The van der Waals surface area contributed by atoms with Crippen LogP contribution in [0.2, 0.25) is 0 Å². The first-order chi connectivity index (χ1) is 10.6. The van der Waals surface area contributed by atoms with E-state index in [1.807, 2.05) is 6.07 Å². The number of anilines is 1. The van der Waals surface area contributed by atoms with Gasteiger partial charge < -0.3 is 4.74 Å². The number of nitrogens with one attached hydrogen (secondary N) is 1. The summed E-state index contributed by atoms with van der Waals surface area (Å²) in [5.74, 6) is -0.193. The first-order valence-electron chi connectivity index (χ1n) is 6.90. The molecule has 2 heterocycles. The number of aromatic nitrogens is 2. The molecule has 1 N–H and O–H groups in total.